The minimum atomic E-state index is -0.764. The van der Waals surface area contributed by atoms with Crippen LogP contribution in [0.1, 0.15) is 39.5 Å². The van der Waals surface area contributed by atoms with Crippen LogP contribution in [0.5, 0.6) is 0 Å². The van der Waals surface area contributed by atoms with E-state index in [1.54, 1.807) is 12.0 Å². The zero-order valence-corrected chi connectivity index (χ0v) is 12.6. The number of carbonyl (C=O) groups is 2. The molecule has 1 fully saturated rings. The minimum Gasteiger partial charge on any atom is -0.481 e. The third-order valence-electron chi connectivity index (χ3n) is 4.03. The average Bonchev–Trinajstić information content (AvgIpc) is 2.87. The summed E-state index contributed by atoms with van der Waals surface area (Å²) in [6.07, 6.45) is 2.78. The molecule has 0 aromatic rings. The second-order valence-corrected chi connectivity index (χ2v) is 5.44. The number of nitrogens with zero attached hydrogens (tertiary/aromatic N) is 1. The molecule has 6 heteroatoms. The van der Waals surface area contributed by atoms with Crippen LogP contribution in [0.25, 0.3) is 0 Å². The van der Waals surface area contributed by atoms with Gasteiger partial charge in [0.15, 0.2) is 0 Å². The first-order chi connectivity index (χ1) is 9.49. The van der Waals surface area contributed by atoms with Gasteiger partial charge < -0.3 is 20.1 Å². The van der Waals surface area contributed by atoms with E-state index in [0.29, 0.717) is 26.0 Å². The third kappa shape index (κ3) is 4.67. The van der Waals surface area contributed by atoms with Crippen molar-refractivity contribution in [2.45, 2.75) is 51.6 Å². The van der Waals surface area contributed by atoms with Crippen molar-refractivity contribution >= 4 is 12.0 Å². The zero-order chi connectivity index (χ0) is 15.1. The fourth-order valence-electron chi connectivity index (χ4n) is 2.53. The topological polar surface area (TPSA) is 78.9 Å². The Morgan fingerprint density at radius 1 is 1.45 bits per heavy atom. The molecule has 1 saturated carbocycles. The largest absolute Gasteiger partial charge is 0.481 e. The number of carboxylic acids is 1. The third-order valence-corrected chi connectivity index (χ3v) is 4.03. The van der Waals surface area contributed by atoms with Crippen molar-refractivity contribution in [1.82, 2.24) is 10.2 Å². The number of hydrogen-bond donors (Lipinski definition) is 2. The average molecular weight is 286 g/mol. The number of urea groups is 1. The number of amides is 2. The summed E-state index contributed by atoms with van der Waals surface area (Å²) in [4.78, 5) is 25.0. The van der Waals surface area contributed by atoms with E-state index in [1.165, 1.54) is 0 Å². The van der Waals surface area contributed by atoms with E-state index in [4.69, 9.17) is 9.84 Å². The van der Waals surface area contributed by atoms with E-state index in [9.17, 15) is 9.59 Å². The highest BCUT2D eigenvalue weighted by Gasteiger charge is 2.31. The van der Waals surface area contributed by atoms with Gasteiger partial charge in [-0.05, 0) is 32.6 Å². The molecule has 0 saturated heterocycles. The van der Waals surface area contributed by atoms with Crippen molar-refractivity contribution in [1.29, 1.82) is 0 Å². The molecule has 20 heavy (non-hydrogen) atoms. The lowest BCUT2D eigenvalue weighted by molar-refractivity contribution is -0.141. The van der Waals surface area contributed by atoms with E-state index in [2.05, 4.69) is 5.32 Å². The van der Waals surface area contributed by atoms with Crippen LogP contribution in [0.15, 0.2) is 0 Å². The Hall–Kier alpha value is -1.30. The molecular formula is C14H26N2O4. The van der Waals surface area contributed by atoms with Crippen LogP contribution < -0.4 is 5.32 Å². The number of carboxylic acid groups (broad SMARTS) is 1. The summed E-state index contributed by atoms with van der Waals surface area (Å²) in [7, 11) is 1.61. The van der Waals surface area contributed by atoms with Gasteiger partial charge in [0.25, 0.3) is 0 Å². The van der Waals surface area contributed by atoms with Gasteiger partial charge in [-0.25, -0.2) is 4.79 Å². The predicted octanol–water partition coefficient (Wildman–Crippen LogP) is 1.70. The van der Waals surface area contributed by atoms with Gasteiger partial charge in [-0.2, -0.15) is 0 Å². The molecule has 116 valence electrons. The lowest BCUT2D eigenvalue weighted by Gasteiger charge is -2.30. The Balaban J connectivity index is 2.51. The Kier molecular flexibility index (Phi) is 6.78. The molecule has 0 radical (unpaired) electrons. The van der Waals surface area contributed by atoms with E-state index in [-0.39, 0.29) is 24.0 Å². The van der Waals surface area contributed by atoms with Crippen molar-refractivity contribution < 1.29 is 19.4 Å². The smallest absolute Gasteiger partial charge is 0.317 e. The standard InChI is InChI=1S/C14H26N2O4/c1-4-10(2)16(7-8-20-3)14(19)15-12-6-5-11(9-12)13(17)18/h10-12H,4-9H2,1-3H3,(H,15,19)(H,17,18). The molecule has 0 bridgehead atoms. The Labute approximate surface area is 120 Å². The quantitative estimate of drug-likeness (QED) is 0.746. The van der Waals surface area contributed by atoms with Gasteiger partial charge in [-0.15, -0.1) is 0 Å². The summed E-state index contributed by atoms with van der Waals surface area (Å²) in [5.74, 6) is -1.09. The Morgan fingerprint density at radius 3 is 2.65 bits per heavy atom. The van der Waals surface area contributed by atoms with Crippen LogP contribution in [-0.2, 0) is 9.53 Å². The molecule has 1 aliphatic carbocycles. The van der Waals surface area contributed by atoms with E-state index >= 15 is 0 Å². The first-order valence-electron chi connectivity index (χ1n) is 7.28. The van der Waals surface area contributed by atoms with Crippen LogP contribution in [0.2, 0.25) is 0 Å². The molecule has 2 N–H and O–H groups in total. The van der Waals surface area contributed by atoms with Gasteiger partial charge in [-0.1, -0.05) is 6.92 Å². The molecule has 1 rings (SSSR count). The lowest BCUT2D eigenvalue weighted by atomic mass is 10.1. The second kappa shape index (κ2) is 8.09. The van der Waals surface area contributed by atoms with Crippen LogP contribution in [0, 0.1) is 5.92 Å². The number of hydrogen-bond acceptors (Lipinski definition) is 3. The van der Waals surface area contributed by atoms with Crippen LogP contribution in [0.3, 0.4) is 0 Å². The molecule has 3 unspecified atom stereocenters. The number of ether oxygens (including phenoxy) is 1. The molecule has 0 aromatic carbocycles. The fraction of sp³-hybridized carbons (Fsp3) is 0.857. The Bertz CT molecular complexity index is 335. The van der Waals surface area contributed by atoms with Crippen molar-refractivity contribution in [2.24, 2.45) is 5.92 Å². The Morgan fingerprint density at radius 2 is 2.15 bits per heavy atom. The van der Waals surface area contributed by atoms with Crippen LogP contribution in [0.4, 0.5) is 4.79 Å². The summed E-state index contributed by atoms with van der Waals surface area (Å²) < 4.78 is 5.04. The number of aliphatic carboxylic acids is 1. The molecule has 1 aliphatic rings. The van der Waals surface area contributed by atoms with Gasteiger partial charge in [0.1, 0.15) is 0 Å². The lowest BCUT2D eigenvalue weighted by Crippen LogP contribution is -2.49. The first-order valence-corrected chi connectivity index (χ1v) is 7.28. The number of carbonyl (C=O) groups excluding carboxylic acids is 1. The van der Waals surface area contributed by atoms with Gasteiger partial charge in [0.2, 0.25) is 0 Å². The summed E-state index contributed by atoms with van der Waals surface area (Å²) in [6, 6.07) is -0.00744. The fourth-order valence-corrected chi connectivity index (χ4v) is 2.53. The maximum absolute atomic E-state index is 12.3. The monoisotopic (exact) mass is 286 g/mol. The van der Waals surface area contributed by atoms with Crippen LogP contribution >= 0.6 is 0 Å². The van der Waals surface area contributed by atoms with E-state index in [0.717, 1.165) is 12.8 Å². The second-order valence-electron chi connectivity index (χ2n) is 5.44. The van der Waals surface area contributed by atoms with Gasteiger partial charge in [0.05, 0.1) is 12.5 Å². The normalized spacial score (nSPS) is 23.4. The van der Waals surface area contributed by atoms with Crippen molar-refractivity contribution in [3.05, 3.63) is 0 Å². The molecule has 0 aromatic heterocycles. The van der Waals surface area contributed by atoms with Crippen molar-refractivity contribution in [2.75, 3.05) is 20.3 Å². The van der Waals surface area contributed by atoms with Crippen molar-refractivity contribution in [3.63, 3.8) is 0 Å². The van der Waals surface area contributed by atoms with E-state index in [1.807, 2.05) is 13.8 Å². The van der Waals surface area contributed by atoms with Crippen molar-refractivity contribution in [3.8, 4) is 0 Å². The summed E-state index contributed by atoms with van der Waals surface area (Å²) in [5.41, 5.74) is 0. The number of nitrogens with one attached hydrogen (secondary N) is 1. The SMILES string of the molecule is CCC(C)N(CCOC)C(=O)NC1CCC(C(=O)O)C1. The van der Waals surface area contributed by atoms with Crippen LogP contribution in [-0.4, -0.2) is 54.4 Å². The molecular weight excluding hydrogens is 260 g/mol. The first kappa shape index (κ1) is 16.8. The maximum atomic E-state index is 12.3. The van der Waals surface area contributed by atoms with Gasteiger partial charge >= 0.3 is 12.0 Å². The predicted molar refractivity (Wildman–Crippen MR) is 75.6 cm³/mol. The molecule has 0 aliphatic heterocycles. The molecule has 0 heterocycles. The highest BCUT2D eigenvalue weighted by atomic mass is 16.5. The van der Waals surface area contributed by atoms with Gasteiger partial charge in [-0.3, -0.25) is 4.79 Å². The highest BCUT2D eigenvalue weighted by molar-refractivity contribution is 5.75. The number of methoxy groups -OCH3 is 1. The molecule has 0 spiro atoms. The number of rotatable bonds is 7. The summed E-state index contributed by atoms with van der Waals surface area (Å²) >= 11 is 0. The molecule has 3 atom stereocenters. The molecule has 6 nitrogen and oxygen atoms in total. The minimum absolute atomic E-state index is 0.0299. The summed E-state index contributed by atoms with van der Waals surface area (Å²) in [5, 5.41) is 11.9. The van der Waals surface area contributed by atoms with E-state index < -0.39 is 5.97 Å². The zero-order valence-electron chi connectivity index (χ0n) is 12.6. The summed E-state index contributed by atoms with van der Waals surface area (Å²) in [6.45, 7) is 5.09. The maximum Gasteiger partial charge on any atom is 0.317 e. The van der Waals surface area contributed by atoms with Gasteiger partial charge in [0, 0.05) is 25.7 Å². The highest BCUT2D eigenvalue weighted by Crippen LogP contribution is 2.25. The molecule has 2 amide bonds.